The topological polar surface area (TPSA) is 102 Å². The molecule has 0 aliphatic carbocycles. The minimum atomic E-state index is -0.114. The van der Waals surface area contributed by atoms with Crippen molar-refractivity contribution in [1.29, 1.82) is 0 Å². The van der Waals surface area contributed by atoms with E-state index in [2.05, 4.69) is 35.3 Å². The molecule has 1 aliphatic rings. The first kappa shape index (κ1) is 18.6. The molecule has 1 N–H and O–H groups in total. The Morgan fingerprint density at radius 1 is 1.20 bits per heavy atom. The first-order valence-corrected chi connectivity index (χ1v) is 10.6. The van der Waals surface area contributed by atoms with Crippen molar-refractivity contribution in [3.63, 3.8) is 0 Å². The Balaban J connectivity index is 1.30. The summed E-state index contributed by atoms with van der Waals surface area (Å²) in [7, 11) is 0. The van der Waals surface area contributed by atoms with Crippen molar-refractivity contribution >= 4 is 39.0 Å². The van der Waals surface area contributed by atoms with Crippen molar-refractivity contribution in [3.05, 3.63) is 48.3 Å². The van der Waals surface area contributed by atoms with Crippen molar-refractivity contribution in [2.75, 3.05) is 23.3 Å². The smallest absolute Gasteiger partial charge is 0.229 e. The van der Waals surface area contributed by atoms with Gasteiger partial charge >= 0.3 is 0 Å². The number of carbonyl (C=O) groups excluding carboxylic acids is 1. The quantitative estimate of drug-likeness (QED) is 0.542. The van der Waals surface area contributed by atoms with Gasteiger partial charge in [-0.2, -0.15) is 5.10 Å². The highest BCUT2D eigenvalue weighted by Crippen LogP contribution is 2.26. The van der Waals surface area contributed by atoms with Gasteiger partial charge in [-0.15, -0.1) is 11.3 Å². The molecule has 30 heavy (non-hydrogen) atoms. The van der Waals surface area contributed by atoms with Gasteiger partial charge in [0.05, 0.1) is 21.1 Å². The fourth-order valence-electron chi connectivity index (χ4n) is 3.73. The van der Waals surface area contributed by atoms with E-state index < -0.39 is 0 Å². The van der Waals surface area contributed by atoms with Crippen LogP contribution in [0.15, 0.2) is 43.2 Å². The van der Waals surface area contributed by atoms with Crippen molar-refractivity contribution in [2.45, 2.75) is 19.8 Å². The van der Waals surface area contributed by atoms with Gasteiger partial charge in [-0.1, -0.05) is 0 Å². The zero-order valence-electron chi connectivity index (χ0n) is 16.4. The number of hydrogen-bond donors (Lipinski definition) is 1. The Hall–Kier alpha value is -3.40. The third kappa shape index (κ3) is 3.73. The summed E-state index contributed by atoms with van der Waals surface area (Å²) in [5.74, 6) is 1.34. The van der Waals surface area contributed by atoms with Crippen LogP contribution in [-0.4, -0.2) is 48.7 Å². The Labute approximate surface area is 176 Å². The molecule has 3 aromatic heterocycles. The molecule has 1 unspecified atom stereocenters. The number of thiazole rings is 1. The maximum absolute atomic E-state index is 12.9. The van der Waals surface area contributed by atoms with E-state index in [4.69, 9.17) is 0 Å². The number of anilines is 2. The molecule has 4 heterocycles. The van der Waals surface area contributed by atoms with Gasteiger partial charge < -0.3 is 10.2 Å². The molecule has 10 heteroatoms. The second kappa shape index (κ2) is 7.79. The van der Waals surface area contributed by atoms with Gasteiger partial charge in [-0.3, -0.25) is 4.79 Å². The van der Waals surface area contributed by atoms with E-state index in [0.717, 1.165) is 46.1 Å². The van der Waals surface area contributed by atoms with Crippen LogP contribution in [0.5, 0.6) is 0 Å². The Morgan fingerprint density at radius 2 is 2.10 bits per heavy atom. The summed E-state index contributed by atoms with van der Waals surface area (Å²) in [6, 6.07) is 7.75. The van der Waals surface area contributed by atoms with Crippen molar-refractivity contribution in [2.24, 2.45) is 5.92 Å². The summed E-state index contributed by atoms with van der Waals surface area (Å²) >= 11 is 1.65. The van der Waals surface area contributed by atoms with Gasteiger partial charge in [-0.25, -0.2) is 24.6 Å². The second-order valence-electron chi connectivity index (χ2n) is 7.26. The maximum atomic E-state index is 12.9. The molecule has 9 nitrogen and oxygen atoms in total. The lowest BCUT2D eigenvalue weighted by atomic mass is 9.97. The maximum Gasteiger partial charge on any atom is 0.229 e. The highest BCUT2D eigenvalue weighted by molar-refractivity contribution is 7.18. The summed E-state index contributed by atoms with van der Waals surface area (Å²) in [6.45, 7) is 3.44. The molecule has 152 valence electrons. The lowest BCUT2D eigenvalue weighted by molar-refractivity contribution is -0.120. The predicted octanol–water partition coefficient (Wildman–Crippen LogP) is 2.83. The monoisotopic (exact) mass is 420 g/mol. The summed E-state index contributed by atoms with van der Waals surface area (Å²) in [5.41, 5.74) is 1.70. The molecular formula is C20H20N8OS. The number of amides is 1. The molecule has 4 aromatic rings. The van der Waals surface area contributed by atoms with Crippen LogP contribution in [-0.2, 0) is 4.79 Å². The highest BCUT2D eigenvalue weighted by Gasteiger charge is 2.27. The van der Waals surface area contributed by atoms with E-state index in [1.807, 2.05) is 31.2 Å². The number of nitrogens with zero attached hydrogens (tertiary/aromatic N) is 7. The predicted molar refractivity (Wildman–Crippen MR) is 115 cm³/mol. The van der Waals surface area contributed by atoms with Crippen LogP contribution >= 0.6 is 11.3 Å². The van der Waals surface area contributed by atoms with Gasteiger partial charge in [0.2, 0.25) is 5.91 Å². The molecule has 1 aliphatic heterocycles. The number of rotatable bonds is 4. The first-order chi connectivity index (χ1) is 14.7. The van der Waals surface area contributed by atoms with Crippen LogP contribution in [0.3, 0.4) is 0 Å². The van der Waals surface area contributed by atoms with Crippen LogP contribution in [0, 0.1) is 12.8 Å². The van der Waals surface area contributed by atoms with E-state index in [-0.39, 0.29) is 11.8 Å². The summed E-state index contributed by atoms with van der Waals surface area (Å²) < 4.78 is 2.72. The lowest BCUT2D eigenvalue weighted by Crippen LogP contribution is -2.41. The zero-order chi connectivity index (χ0) is 20.5. The lowest BCUT2D eigenvalue weighted by Gasteiger charge is -2.32. The SMILES string of the molecule is Cc1nc2cc(NC(=O)C3CCCN(c4cc(-n5cncn5)ncn4)C3)ccc2s1. The van der Waals surface area contributed by atoms with Gasteiger partial charge in [-0.05, 0) is 38.0 Å². The molecule has 1 amide bonds. The highest BCUT2D eigenvalue weighted by atomic mass is 32.1. The molecule has 1 aromatic carbocycles. The number of benzene rings is 1. The average molecular weight is 421 g/mol. The number of nitrogens with one attached hydrogen (secondary N) is 1. The summed E-state index contributed by atoms with van der Waals surface area (Å²) in [5, 5.41) is 8.20. The Kier molecular flexibility index (Phi) is 4.83. The molecule has 0 radical (unpaired) electrons. The molecular weight excluding hydrogens is 400 g/mol. The van der Waals surface area contributed by atoms with E-state index in [1.54, 1.807) is 22.3 Å². The fraction of sp³-hybridized carbons (Fsp3) is 0.300. The summed E-state index contributed by atoms with van der Waals surface area (Å²) in [4.78, 5) is 32.2. The van der Waals surface area contributed by atoms with Crippen LogP contribution in [0.1, 0.15) is 17.8 Å². The molecule has 0 spiro atoms. The van der Waals surface area contributed by atoms with Crippen LogP contribution < -0.4 is 10.2 Å². The minimum absolute atomic E-state index is 0.0246. The Bertz CT molecular complexity index is 1190. The number of fused-ring (bicyclic) bond motifs is 1. The second-order valence-corrected chi connectivity index (χ2v) is 8.50. The van der Waals surface area contributed by atoms with E-state index in [9.17, 15) is 4.79 Å². The minimum Gasteiger partial charge on any atom is -0.356 e. The van der Waals surface area contributed by atoms with Gasteiger partial charge in [0.25, 0.3) is 0 Å². The fourth-order valence-corrected chi connectivity index (χ4v) is 4.53. The van der Waals surface area contributed by atoms with Gasteiger partial charge in [0.15, 0.2) is 5.82 Å². The third-order valence-electron chi connectivity index (χ3n) is 5.17. The number of aromatic nitrogens is 6. The number of piperidine rings is 1. The number of aryl methyl sites for hydroxylation is 1. The number of hydrogen-bond acceptors (Lipinski definition) is 8. The molecule has 5 rings (SSSR count). The van der Waals surface area contributed by atoms with Crippen molar-refractivity contribution in [3.8, 4) is 5.82 Å². The van der Waals surface area contributed by atoms with Crippen LogP contribution in [0.25, 0.3) is 16.0 Å². The zero-order valence-corrected chi connectivity index (χ0v) is 17.2. The van der Waals surface area contributed by atoms with E-state index >= 15 is 0 Å². The van der Waals surface area contributed by atoms with Crippen LogP contribution in [0.4, 0.5) is 11.5 Å². The van der Waals surface area contributed by atoms with E-state index in [0.29, 0.717) is 12.4 Å². The number of carbonyl (C=O) groups is 1. The molecule has 0 saturated carbocycles. The van der Waals surface area contributed by atoms with E-state index in [1.165, 1.54) is 12.7 Å². The molecule has 1 fully saturated rings. The van der Waals surface area contributed by atoms with Crippen LogP contribution in [0.2, 0.25) is 0 Å². The van der Waals surface area contributed by atoms with Gasteiger partial charge in [0, 0.05) is 24.8 Å². The summed E-state index contributed by atoms with van der Waals surface area (Å²) in [6.07, 6.45) is 6.35. The molecule has 1 saturated heterocycles. The standard InChI is InChI=1S/C20H20N8OS/c1-13-25-16-7-15(4-5-17(16)30-13)26-20(29)14-3-2-6-27(9-14)18-8-19(23-11-22-18)28-12-21-10-24-28/h4-5,7-8,10-12,14H,2-3,6,9H2,1H3,(H,26,29). The Morgan fingerprint density at radius 3 is 2.97 bits per heavy atom. The average Bonchev–Trinajstić information content (AvgIpc) is 3.43. The third-order valence-corrected chi connectivity index (χ3v) is 6.12. The largest absolute Gasteiger partial charge is 0.356 e. The van der Waals surface area contributed by atoms with Crippen molar-refractivity contribution in [1.82, 2.24) is 29.7 Å². The molecule has 0 bridgehead atoms. The van der Waals surface area contributed by atoms with Crippen molar-refractivity contribution < 1.29 is 4.79 Å². The molecule has 1 atom stereocenters. The first-order valence-electron chi connectivity index (χ1n) is 9.76. The normalized spacial score (nSPS) is 16.7. The van der Waals surface area contributed by atoms with Gasteiger partial charge in [0.1, 0.15) is 24.8 Å².